The molecule has 1 rings (SSSR count). The third kappa shape index (κ3) is 3.14. The Labute approximate surface area is 86.1 Å². The van der Waals surface area contributed by atoms with E-state index in [0.717, 1.165) is 19.4 Å². The Morgan fingerprint density at radius 1 is 1.50 bits per heavy atom. The molecule has 0 radical (unpaired) electrons. The smallest absolute Gasteiger partial charge is 0.0888 e. The highest BCUT2D eigenvalue weighted by Gasteiger charge is 2.04. The maximum absolute atomic E-state index is 5.66. The topological polar surface area (TPSA) is 27.1 Å². The Balaban J connectivity index is 2.45. The van der Waals surface area contributed by atoms with E-state index in [0.29, 0.717) is 12.7 Å². The lowest BCUT2D eigenvalue weighted by Crippen LogP contribution is -2.10. The predicted octanol–water partition coefficient (Wildman–Crippen LogP) is 2.61. The van der Waals surface area contributed by atoms with Crippen LogP contribution in [0.25, 0.3) is 0 Å². The van der Waals surface area contributed by atoms with Gasteiger partial charge in [0.1, 0.15) is 0 Å². The largest absolute Gasteiger partial charge is 0.372 e. The average Bonchev–Trinajstić information content (AvgIpc) is 2.62. The summed E-state index contributed by atoms with van der Waals surface area (Å²) in [4.78, 5) is 0. The molecule has 0 aromatic carbocycles. The molecule has 0 amide bonds. The number of aryl methyl sites for hydroxylation is 1. The minimum atomic E-state index is 0.333. The zero-order chi connectivity index (χ0) is 10.4. The summed E-state index contributed by atoms with van der Waals surface area (Å²) in [5.74, 6) is 0. The van der Waals surface area contributed by atoms with Gasteiger partial charge in [-0.3, -0.25) is 4.68 Å². The third-order valence-electron chi connectivity index (χ3n) is 2.33. The van der Waals surface area contributed by atoms with E-state index in [1.807, 2.05) is 16.9 Å². The molecule has 1 heterocycles. The molecule has 14 heavy (non-hydrogen) atoms. The van der Waals surface area contributed by atoms with Crippen molar-refractivity contribution in [1.82, 2.24) is 9.78 Å². The summed E-state index contributed by atoms with van der Waals surface area (Å²) in [6.07, 6.45) is 4.34. The van der Waals surface area contributed by atoms with Crippen molar-refractivity contribution in [2.75, 3.05) is 0 Å². The number of aromatic nitrogens is 2. The first kappa shape index (κ1) is 11.2. The molecule has 0 aliphatic rings. The van der Waals surface area contributed by atoms with E-state index in [9.17, 15) is 0 Å². The summed E-state index contributed by atoms with van der Waals surface area (Å²) in [6, 6.07) is 2.03. The van der Waals surface area contributed by atoms with E-state index >= 15 is 0 Å². The summed E-state index contributed by atoms with van der Waals surface area (Å²) in [6.45, 7) is 8.04. The first-order chi connectivity index (χ1) is 6.77. The van der Waals surface area contributed by atoms with Crippen LogP contribution in [0.4, 0.5) is 0 Å². The van der Waals surface area contributed by atoms with Gasteiger partial charge >= 0.3 is 0 Å². The number of rotatable bonds is 6. The molecule has 0 N–H and O–H groups in total. The molecule has 0 bridgehead atoms. The van der Waals surface area contributed by atoms with Gasteiger partial charge in [-0.1, -0.05) is 13.8 Å². The quantitative estimate of drug-likeness (QED) is 0.699. The van der Waals surface area contributed by atoms with Gasteiger partial charge in [-0.05, 0) is 25.8 Å². The van der Waals surface area contributed by atoms with Crippen molar-refractivity contribution < 1.29 is 4.74 Å². The molecular weight excluding hydrogens is 176 g/mol. The molecule has 3 nitrogen and oxygen atoms in total. The van der Waals surface area contributed by atoms with E-state index < -0.39 is 0 Å². The third-order valence-corrected chi connectivity index (χ3v) is 2.33. The predicted molar refractivity (Wildman–Crippen MR) is 57.1 cm³/mol. The molecule has 0 aliphatic carbocycles. The van der Waals surface area contributed by atoms with Crippen LogP contribution in [0.2, 0.25) is 0 Å². The second-order valence-corrected chi connectivity index (χ2v) is 3.58. The fraction of sp³-hybridized carbons (Fsp3) is 0.727. The Morgan fingerprint density at radius 2 is 2.29 bits per heavy atom. The maximum atomic E-state index is 5.66. The molecule has 3 heteroatoms. The summed E-state index contributed by atoms with van der Waals surface area (Å²) in [7, 11) is 0. The molecule has 80 valence electrons. The van der Waals surface area contributed by atoms with Crippen LogP contribution in [0.15, 0.2) is 12.3 Å². The highest BCUT2D eigenvalue weighted by molar-refractivity contribution is 4.98. The van der Waals surface area contributed by atoms with Crippen LogP contribution in [0, 0.1) is 0 Å². The number of hydrogen-bond donors (Lipinski definition) is 0. The van der Waals surface area contributed by atoms with Gasteiger partial charge in [0.05, 0.1) is 18.4 Å². The van der Waals surface area contributed by atoms with Gasteiger partial charge in [0, 0.05) is 12.7 Å². The van der Waals surface area contributed by atoms with E-state index in [1.54, 1.807) is 0 Å². The lowest BCUT2D eigenvalue weighted by Gasteiger charge is -2.11. The Morgan fingerprint density at radius 3 is 2.93 bits per heavy atom. The minimum Gasteiger partial charge on any atom is -0.372 e. The number of ether oxygens (including phenoxy) is 1. The second kappa shape index (κ2) is 5.81. The summed E-state index contributed by atoms with van der Waals surface area (Å²) in [5, 5.41) is 4.25. The van der Waals surface area contributed by atoms with E-state index in [1.165, 1.54) is 5.69 Å². The van der Waals surface area contributed by atoms with Crippen molar-refractivity contribution >= 4 is 0 Å². The fourth-order valence-electron chi connectivity index (χ4n) is 1.24. The second-order valence-electron chi connectivity index (χ2n) is 3.58. The number of nitrogens with zero attached hydrogens (tertiary/aromatic N) is 2. The molecule has 0 saturated heterocycles. The van der Waals surface area contributed by atoms with Gasteiger partial charge in [0.2, 0.25) is 0 Å². The van der Waals surface area contributed by atoms with Crippen LogP contribution < -0.4 is 0 Å². The van der Waals surface area contributed by atoms with Gasteiger partial charge < -0.3 is 4.74 Å². The lowest BCUT2D eigenvalue weighted by atomic mass is 10.3. The van der Waals surface area contributed by atoms with Crippen LogP contribution in [0.5, 0.6) is 0 Å². The van der Waals surface area contributed by atoms with Gasteiger partial charge in [0.15, 0.2) is 0 Å². The molecular formula is C11H20N2O. The molecule has 0 fully saturated rings. The molecule has 1 unspecified atom stereocenters. The minimum absolute atomic E-state index is 0.333. The Hall–Kier alpha value is -0.830. The van der Waals surface area contributed by atoms with Crippen LogP contribution >= 0.6 is 0 Å². The van der Waals surface area contributed by atoms with Crippen molar-refractivity contribution in [3.63, 3.8) is 0 Å². The lowest BCUT2D eigenvalue weighted by molar-refractivity contribution is 0.0466. The first-order valence-corrected chi connectivity index (χ1v) is 5.40. The zero-order valence-electron chi connectivity index (χ0n) is 9.36. The summed E-state index contributed by atoms with van der Waals surface area (Å²) < 4.78 is 7.68. The Bertz CT molecular complexity index is 258. The van der Waals surface area contributed by atoms with Crippen molar-refractivity contribution in [3.05, 3.63) is 18.0 Å². The highest BCUT2D eigenvalue weighted by Crippen LogP contribution is 2.05. The van der Waals surface area contributed by atoms with Crippen molar-refractivity contribution in [1.29, 1.82) is 0 Å². The van der Waals surface area contributed by atoms with Gasteiger partial charge in [-0.2, -0.15) is 5.10 Å². The highest BCUT2D eigenvalue weighted by atomic mass is 16.5. The van der Waals surface area contributed by atoms with Crippen molar-refractivity contribution in [2.45, 2.75) is 52.9 Å². The van der Waals surface area contributed by atoms with Crippen molar-refractivity contribution in [3.8, 4) is 0 Å². The van der Waals surface area contributed by atoms with E-state index in [4.69, 9.17) is 4.74 Å². The molecule has 1 aromatic heterocycles. The van der Waals surface area contributed by atoms with Crippen LogP contribution in [0.3, 0.4) is 0 Å². The molecule has 1 aromatic rings. The molecule has 0 spiro atoms. The Kier molecular flexibility index (Phi) is 4.66. The van der Waals surface area contributed by atoms with Crippen LogP contribution in [-0.4, -0.2) is 15.9 Å². The van der Waals surface area contributed by atoms with E-state index in [-0.39, 0.29) is 0 Å². The fourth-order valence-corrected chi connectivity index (χ4v) is 1.24. The average molecular weight is 196 g/mol. The maximum Gasteiger partial charge on any atom is 0.0888 e. The first-order valence-electron chi connectivity index (χ1n) is 5.40. The standard InChI is InChI=1S/C11H20N2O/c1-4-8-13-11(6-7-12-13)9-14-10(3)5-2/h6-7,10H,4-5,8-9H2,1-3H3. The zero-order valence-corrected chi connectivity index (χ0v) is 9.36. The van der Waals surface area contributed by atoms with Crippen molar-refractivity contribution in [2.24, 2.45) is 0 Å². The monoisotopic (exact) mass is 196 g/mol. The molecule has 0 aliphatic heterocycles. The van der Waals surface area contributed by atoms with Crippen LogP contribution in [0.1, 0.15) is 39.3 Å². The van der Waals surface area contributed by atoms with Gasteiger partial charge in [-0.25, -0.2) is 0 Å². The molecule has 1 atom stereocenters. The normalized spacial score (nSPS) is 13.1. The summed E-state index contributed by atoms with van der Waals surface area (Å²) in [5.41, 5.74) is 1.17. The van der Waals surface area contributed by atoms with Crippen LogP contribution in [-0.2, 0) is 17.9 Å². The van der Waals surface area contributed by atoms with E-state index in [2.05, 4.69) is 25.9 Å². The summed E-state index contributed by atoms with van der Waals surface area (Å²) >= 11 is 0. The van der Waals surface area contributed by atoms with Gasteiger partial charge in [0.25, 0.3) is 0 Å². The number of hydrogen-bond acceptors (Lipinski definition) is 2. The molecule has 0 saturated carbocycles. The van der Waals surface area contributed by atoms with Gasteiger partial charge in [-0.15, -0.1) is 0 Å². The SMILES string of the molecule is CCCn1nccc1COC(C)CC.